The lowest BCUT2D eigenvalue weighted by Gasteiger charge is -2.56. The Morgan fingerprint density at radius 2 is 1.57 bits per heavy atom. The van der Waals surface area contributed by atoms with Gasteiger partial charge in [0.15, 0.2) is 0 Å². The summed E-state index contributed by atoms with van der Waals surface area (Å²) in [6.07, 6.45) is 12.8. The van der Waals surface area contributed by atoms with Crippen LogP contribution in [0, 0.1) is 52.8 Å². The molecule has 5 fully saturated rings. The minimum absolute atomic E-state index is 0.238. The van der Waals surface area contributed by atoms with Crippen LogP contribution in [0.5, 0.6) is 0 Å². The summed E-state index contributed by atoms with van der Waals surface area (Å²) in [6.45, 7) is 7.40. The van der Waals surface area contributed by atoms with Crippen LogP contribution < -0.4 is 0 Å². The van der Waals surface area contributed by atoms with Gasteiger partial charge < -0.3 is 5.11 Å². The van der Waals surface area contributed by atoms with Crippen LogP contribution in [0.25, 0.3) is 0 Å². The first-order valence-corrected chi connectivity index (χ1v) is 10.7. The number of rotatable bonds is 1. The van der Waals surface area contributed by atoms with Crippen molar-refractivity contribution >= 4 is 0 Å². The highest BCUT2D eigenvalue weighted by molar-refractivity contribution is 5.18. The fourth-order valence-corrected chi connectivity index (χ4v) is 9.01. The number of hydrogen-bond donors (Lipinski definition) is 1. The van der Waals surface area contributed by atoms with Crippen molar-refractivity contribution in [2.24, 2.45) is 52.8 Å². The van der Waals surface area contributed by atoms with Crippen LogP contribution in [0.3, 0.4) is 0 Å². The lowest BCUT2D eigenvalue weighted by molar-refractivity contribution is -0.0796. The van der Waals surface area contributed by atoms with Crippen LogP contribution in [0.2, 0.25) is 0 Å². The second kappa shape index (κ2) is 4.77. The van der Waals surface area contributed by atoms with Gasteiger partial charge in [0.1, 0.15) is 0 Å². The minimum atomic E-state index is -0.238. The van der Waals surface area contributed by atoms with E-state index >= 15 is 0 Å². The molecule has 0 radical (unpaired) electrons. The molecule has 0 saturated heterocycles. The van der Waals surface area contributed by atoms with E-state index in [2.05, 4.69) is 20.8 Å². The fraction of sp³-hybridized carbons (Fsp3) is 1.00. The van der Waals surface area contributed by atoms with Crippen LogP contribution in [0.1, 0.15) is 78.6 Å². The Balaban J connectivity index is 1.40. The van der Waals surface area contributed by atoms with Gasteiger partial charge in [0.25, 0.3) is 0 Å². The molecule has 1 nitrogen and oxygen atoms in total. The van der Waals surface area contributed by atoms with Crippen molar-refractivity contribution in [1.82, 2.24) is 0 Å². The molecular weight excluding hydrogens is 280 g/mol. The second-order valence-electron chi connectivity index (χ2n) is 10.4. The van der Waals surface area contributed by atoms with Gasteiger partial charge in [0.05, 0.1) is 5.60 Å². The third-order valence-corrected chi connectivity index (χ3v) is 10.2. The van der Waals surface area contributed by atoms with Crippen molar-refractivity contribution in [1.29, 1.82) is 0 Å². The maximum absolute atomic E-state index is 10.8. The van der Waals surface area contributed by atoms with E-state index in [0.29, 0.717) is 17.3 Å². The highest BCUT2D eigenvalue weighted by Crippen LogP contribution is 2.70. The van der Waals surface area contributed by atoms with E-state index in [-0.39, 0.29) is 5.60 Å². The average molecular weight is 317 g/mol. The molecule has 0 aromatic carbocycles. The predicted molar refractivity (Wildman–Crippen MR) is 93.9 cm³/mol. The summed E-state index contributed by atoms with van der Waals surface area (Å²) in [7, 11) is 0. The van der Waals surface area contributed by atoms with Crippen molar-refractivity contribution in [3.8, 4) is 0 Å². The zero-order chi connectivity index (χ0) is 16.0. The fourth-order valence-electron chi connectivity index (χ4n) is 9.01. The summed E-state index contributed by atoms with van der Waals surface area (Å²) >= 11 is 0. The Hall–Kier alpha value is -0.0400. The van der Waals surface area contributed by atoms with Gasteiger partial charge in [-0.3, -0.25) is 0 Å². The molecule has 130 valence electrons. The summed E-state index contributed by atoms with van der Waals surface area (Å²) in [6, 6.07) is 0. The van der Waals surface area contributed by atoms with Crippen LogP contribution in [0.15, 0.2) is 0 Å². The Morgan fingerprint density at radius 1 is 0.870 bits per heavy atom. The monoisotopic (exact) mass is 316 g/mol. The number of aliphatic hydroxyl groups is 1. The lowest BCUT2D eigenvalue weighted by Crippen LogP contribution is -2.49. The van der Waals surface area contributed by atoms with Crippen LogP contribution in [-0.4, -0.2) is 10.7 Å². The Kier molecular flexibility index (Phi) is 3.16. The van der Waals surface area contributed by atoms with E-state index < -0.39 is 0 Å². The van der Waals surface area contributed by atoms with Crippen molar-refractivity contribution in [2.75, 3.05) is 0 Å². The maximum atomic E-state index is 10.8. The van der Waals surface area contributed by atoms with Gasteiger partial charge in [-0.25, -0.2) is 0 Å². The predicted octanol–water partition coefficient (Wildman–Crippen LogP) is 5.27. The first-order valence-electron chi connectivity index (χ1n) is 10.7. The standard InChI is InChI=1S/C22H36O/c1-4-14-5-8-19-17-6-7-18-16(15(17)9-11-21(14,19)3)10-12-22(23)13(2)20(18)22/h13-20,23H,4-12H2,1-3H3/t13?,14?,15-,16-,17-,18-,19+,20?,21-,22+/m1/s1. The van der Waals surface area contributed by atoms with Crippen LogP contribution in [0.4, 0.5) is 0 Å². The number of hydrogen-bond acceptors (Lipinski definition) is 1. The van der Waals surface area contributed by atoms with Gasteiger partial charge in [-0.1, -0.05) is 27.2 Å². The second-order valence-corrected chi connectivity index (χ2v) is 10.4. The minimum Gasteiger partial charge on any atom is -0.389 e. The zero-order valence-corrected chi connectivity index (χ0v) is 15.4. The van der Waals surface area contributed by atoms with Gasteiger partial charge in [-0.2, -0.15) is 0 Å². The topological polar surface area (TPSA) is 20.2 Å². The van der Waals surface area contributed by atoms with Gasteiger partial charge >= 0.3 is 0 Å². The van der Waals surface area contributed by atoms with Crippen molar-refractivity contribution < 1.29 is 5.11 Å². The quantitative estimate of drug-likeness (QED) is 0.698. The molecule has 10 atom stereocenters. The molecule has 3 unspecified atom stereocenters. The maximum Gasteiger partial charge on any atom is 0.0711 e. The zero-order valence-electron chi connectivity index (χ0n) is 15.4. The molecule has 0 bridgehead atoms. The van der Waals surface area contributed by atoms with Crippen LogP contribution >= 0.6 is 0 Å². The Bertz CT molecular complexity index is 500. The molecule has 5 rings (SSSR count). The van der Waals surface area contributed by atoms with Crippen molar-refractivity contribution in [2.45, 2.75) is 84.2 Å². The summed E-state index contributed by atoms with van der Waals surface area (Å²) in [5.74, 6) is 7.19. The summed E-state index contributed by atoms with van der Waals surface area (Å²) in [5, 5.41) is 10.8. The summed E-state index contributed by atoms with van der Waals surface area (Å²) in [5.41, 5.74) is 0.433. The van der Waals surface area contributed by atoms with E-state index in [4.69, 9.17) is 0 Å². The molecule has 0 aromatic rings. The van der Waals surface area contributed by atoms with Crippen LogP contribution in [-0.2, 0) is 0 Å². The SMILES string of the molecule is CCC1CC[C@H]2[C@@H]3CC[C@H]4C5C(C)[C@@]5(O)CC[C@@H]4[C@H]3CC[C@]12C. The van der Waals surface area contributed by atoms with E-state index in [0.717, 1.165) is 41.9 Å². The third kappa shape index (κ3) is 1.79. The highest BCUT2D eigenvalue weighted by Gasteiger charge is 2.69. The van der Waals surface area contributed by atoms with Crippen molar-refractivity contribution in [3.63, 3.8) is 0 Å². The molecule has 0 aliphatic heterocycles. The molecule has 23 heavy (non-hydrogen) atoms. The Labute approximate surface area is 142 Å². The molecule has 1 N–H and O–H groups in total. The van der Waals surface area contributed by atoms with Gasteiger partial charge in [-0.15, -0.1) is 0 Å². The van der Waals surface area contributed by atoms with Gasteiger partial charge in [-0.05, 0) is 104 Å². The van der Waals surface area contributed by atoms with Gasteiger partial charge in [0.2, 0.25) is 0 Å². The molecule has 5 aliphatic carbocycles. The summed E-state index contributed by atoms with van der Waals surface area (Å²) < 4.78 is 0. The molecular formula is C22H36O. The smallest absolute Gasteiger partial charge is 0.0711 e. The first kappa shape index (κ1) is 15.2. The van der Waals surface area contributed by atoms with E-state index in [1.165, 1.54) is 51.4 Å². The summed E-state index contributed by atoms with van der Waals surface area (Å²) in [4.78, 5) is 0. The third-order valence-electron chi connectivity index (χ3n) is 10.2. The first-order chi connectivity index (χ1) is 11.0. The average Bonchev–Trinajstić information content (AvgIpc) is 2.94. The molecule has 0 spiro atoms. The lowest BCUT2D eigenvalue weighted by atomic mass is 9.49. The van der Waals surface area contributed by atoms with E-state index in [9.17, 15) is 5.11 Å². The highest BCUT2D eigenvalue weighted by atomic mass is 16.3. The van der Waals surface area contributed by atoms with Gasteiger partial charge in [0, 0.05) is 0 Å². The molecule has 0 heterocycles. The van der Waals surface area contributed by atoms with E-state index in [1.807, 2.05) is 0 Å². The largest absolute Gasteiger partial charge is 0.389 e. The normalized spacial score (nSPS) is 63.7. The molecule has 5 saturated carbocycles. The van der Waals surface area contributed by atoms with E-state index in [1.54, 1.807) is 0 Å². The molecule has 5 aliphatic rings. The molecule has 0 amide bonds. The Morgan fingerprint density at radius 3 is 2.35 bits per heavy atom. The number of fused-ring (bicyclic) bond motifs is 7. The molecule has 1 heteroatoms. The van der Waals surface area contributed by atoms with Crippen molar-refractivity contribution in [3.05, 3.63) is 0 Å². The molecule has 0 aromatic heterocycles.